The molecule has 0 saturated heterocycles. The molecule has 0 spiro atoms. The highest BCUT2D eigenvalue weighted by molar-refractivity contribution is 7.89. The molecule has 0 aliphatic rings. The summed E-state index contributed by atoms with van der Waals surface area (Å²) in [6.07, 6.45) is -4.43. The van der Waals surface area contributed by atoms with E-state index in [-0.39, 0.29) is 18.7 Å². The van der Waals surface area contributed by atoms with E-state index in [4.69, 9.17) is 0 Å². The van der Waals surface area contributed by atoms with Gasteiger partial charge in [0.25, 0.3) is 0 Å². The first-order chi connectivity index (χ1) is 12.1. The van der Waals surface area contributed by atoms with Crippen LogP contribution >= 0.6 is 0 Å². The number of hydrogen-bond acceptors (Lipinski definition) is 3. The third-order valence-corrected chi connectivity index (χ3v) is 4.78. The maximum absolute atomic E-state index is 12.7. The van der Waals surface area contributed by atoms with Crippen molar-refractivity contribution < 1.29 is 35.1 Å². The number of rotatable bonds is 7. The SMILES string of the molecule is O=S(=O)(NCCc1ccc(OC(F)F)cc1)c1cccc(C(F)(F)F)c1. The molecule has 0 aliphatic heterocycles. The monoisotopic (exact) mass is 395 g/mol. The molecule has 0 fully saturated rings. The first-order valence-electron chi connectivity index (χ1n) is 7.28. The first-order valence-corrected chi connectivity index (χ1v) is 8.77. The average Bonchev–Trinajstić information content (AvgIpc) is 2.55. The molecule has 0 heterocycles. The Hall–Kier alpha value is -2.20. The summed E-state index contributed by atoms with van der Waals surface area (Å²) >= 11 is 0. The molecule has 10 heteroatoms. The van der Waals surface area contributed by atoms with Gasteiger partial charge in [-0.2, -0.15) is 22.0 Å². The zero-order chi connectivity index (χ0) is 19.4. The van der Waals surface area contributed by atoms with Crippen molar-refractivity contribution in [3.8, 4) is 5.75 Å². The Bertz CT molecular complexity index is 836. The molecule has 0 bridgehead atoms. The molecule has 4 nitrogen and oxygen atoms in total. The lowest BCUT2D eigenvalue weighted by Gasteiger charge is -2.10. The van der Waals surface area contributed by atoms with E-state index in [2.05, 4.69) is 9.46 Å². The third kappa shape index (κ3) is 5.67. The normalized spacial score (nSPS) is 12.4. The van der Waals surface area contributed by atoms with E-state index < -0.39 is 33.3 Å². The number of sulfonamides is 1. The minimum Gasteiger partial charge on any atom is -0.435 e. The predicted octanol–water partition coefficient (Wildman–Crippen LogP) is 3.83. The average molecular weight is 395 g/mol. The van der Waals surface area contributed by atoms with Gasteiger partial charge in [0.2, 0.25) is 10.0 Å². The summed E-state index contributed by atoms with van der Waals surface area (Å²) in [5, 5.41) is 0. The maximum atomic E-state index is 12.7. The summed E-state index contributed by atoms with van der Waals surface area (Å²) < 4.78 is 92.7. The summed E-state index contributed by atoms with van der Waals surface area (Å²) in [5.41, 5.74) is -0.423. The van der Waals surface area contributed by atoms with Crippen LogP contribution in [0.2, 0.25) is 0 Å². The summed E-state index contributed by atoms with van der Waals surface area (Å²) in [6.45, 7) is -3.02. The number of hydrogen-bond donors (Lipinski definition) is 1. The van der Waals surface area contributed by atoms with Crippen molar-refractivity contribution in [1.29, 1.82) is 0 Å². The van der Waals surface area contributed by atoms with E-state index in [1.807, 2.05) is 0 Å². The molecule has 2 aromatic rings. The van der Waals surface area contributed by atoms with Crippen LogP contribution in [0.1, 0.15) is 11.1 Å². The molecule has 0 aromatic heterocycles. The van der Waals surface area contributed by atoms with E-state index in [0.29, 0.717) is 11.6 Å². The van der Waals surface area contributed by atoms with Crippen LogP contribution < -0.4 is 9.46 Å². The Morgan fingerprint density at radius 3 is 2.27 bits per heavy atom. The van der Waals surface area contributed by atoms with Gasteiger partial charge >= 0.3 is 12.8 Å². The van der Waals surface area contributed by atoms with Gasteiger partial charge in [-0.15, -0.1) is 0 Å². The van der Waals surface area contributed by atoms with E-state index >= 15 is 0 Å². The number of ether oxygens (including phenoxy) is 1. The smallest absolute Gasteiger partial charge is 0.416 e. The Balaban J connectivity index is 1.98. The molecule has 0 aliphatic carbocycles. The van der Waals surface area contributed by atoms with E-state index in [1.54, 1.807) is 0 Å². The van der Waals surface area contributed by atoms with Crippen LogP contribution in [0.25, 0.3) is 0 Å². The number of benzene rings is 2. The lowest BCUT2D eigenvalue weighted by molar-refractivity contribution is -0.137. The summed E-state index contributed by atoms with van der Waals surface area (Å²) in [4.78, 5) is -0.493. The minimum atomic E-state index is -4.65. The molecule has 2 aromatic carbocycles. The topological polar surface area (TPSA) is 55.4 Å². The van der Waals surface area contributed by atoms with Gasteiger partial charge in [-0.05, 0) is 42.3 Å². The fraction of sp³-hybridized carbons (Fsp3) is 0.250. The van der Waals surface area contributed by atoms with Crippen LogP contribution in [0.3, 0.4) is 0 Å². The Morgan fingerprint density at radius 2 is 1.69 bits per heavy atom. The maximum Gasteiger partial charge on any atom is 0.416 e. The molecule has 0 unspecified atom stereocenters. The Kier molecular flexibility index (Phi) is 6.19. The van der Waals surface area contributed by atoms with Gasteiger partial charge in [0.15, 0.2) is 0 Å². The number of halogens is 5. The van der Waals surface area contributed by atoms with Crippen molar-refractivity contribution in [1.82, 2.24) is 4.72 Å². The Morgan fingerprint density at radius 1 is 1.04 bits per heavy atom. The Labute approximate surface area is 146 Å². The quantitative estimate of drug-likeness (QED) is 0.725. The summed E-state index contributed by atoms with van der Waals surface area (Å²) in [7, 11) is -4.11. The van der Waals surface area contributed by atoms with Crippen molar-refractivity contribution in [2.45, 2.75) is 24.1 Å². The summed E-state index contributed by atoms with van der Waals surface area (Å²) in [6, 6.07) is 8.99. The second-order valence-corrected chi connectivity index (χ2v) is 6.96. The highest BCUT2D eigenvalue weighted by atomic mass is 32.2. The lowest BCUT2D eigenvalue weighted by Crippen LogP contribution is -2.26. The molecule has 0 saturated carbocycles. The van der Waals surface area contributed by atoms with Crippen molar-refractivity contribution in [3.05, 3.63) is 59.7 Å². The zero-order valence-corrected chi connectivity index (χ0v) is 13.9. The molecule has 142 valence electrons. The van der Waals surface area contributed by atoms with Crippen LogP contribution in [0.15, 0.2) is 53.4 Å². The van der Waals surface area contributed by atoms with Gasteiger partial charge in [-0.25, -0.2) is 13.1 Å². The molecule has 0 radical (unpaired) electrons. The van der Waals surface area contributed by atoms with Gasteiger partial charge < -0.3 is 4.74 Å². The van der Waals surface area contributed by atoms with Gasteiger partial charge in [-0.1, -0.05) is 18.2 Å². The van der Waals surface area contributed by atoms with E-state index in [0.717, 1.165) is 18.2 Å². The third-order valence-electron chi connectivity index (χ3n) is 3.33. The molecule has 26 heavy (non-hydrogen) atoms. The van der Waals surface area contributed by atoms with Crippen LogP contribution in [0.4, 0.5) is 22.0 Å². The van der Waals surface area contributed by atoms with Crippen molar-refractivity contribution >= 4 is 10.0 Å². The summed E-state index contributed by atoms with van der Waals surface area (Å²) in [5.74, 6) is -0.0340. The standard InChI is InChI=1S/C16H14F5NO3S/c17-15(18)25-13-6-4-11(5-7-13)8-9-22-26(23,24)14-3-1-2-12(10-14)16(19,20)21/h1-7,10,15,22H,8-9H2. The molecule has 1 N–H and O–H groups in total. The lowest BCUT2D eigenvalue weighted by atomic mass is 10.1. The molecule has 0 amide bonds. The predicted molar refractivity (Wildman–Crippen MR) is 83.4 cm³/mol. The second-order valence-electron chi connectivity index (χ2n) is 5.20. The van der Waals surface area contributed by atoms with E-state index in [1.165, 1.54) is 24.3 Å². The fourth-order valence-corrected chi connectivity index (χ4v) is 3.17. The largest absolute Gasteiger partial charge is 0.435 e. The highest BCUT2D eigenvalue weighted by Crippen LogP contribution is 2.30. The van der Waals surface area contributed by atoms with Crippen LogP contribution in [-0.4, -0.2) is 21.6 Å². The van der Waals surface area contributed by atoms with Crippen LogP contribution in [-0.2, 0) is 22.6 Å². The van der Waals surface area contributed by atoms with Crippen molar-refractivity contribution in [3.63, 3.8) is 0 Å². The van der Waals surface area contributed by atoms with Gasteiger partial charge in [0, 0.05) is 6.54 Å². The number of alkyl halides is 5. The molecular formula is C16H14F5NO3S. The van der Waals surface area contributed by atoms with Gasteiger partial charge in [-0.3, -0.25) is 0 Å². The molecule has 0 atom stereocenters. The number of nitrogens with one attached hydrogen (secondary N) is 1. The zero-order valence-electron chi connectivity index (χ0n) is 13.1. The van der Waals surface area contributed by atoms with Gasteiger partial charge in [0.05, 0.1) is 10.5 Å². The molecule has 2 rings (SSSR count). The van der Waals surface area contributed by atoms with Crippen molar-refractivity contribution in [2.24, 2.45) is 0 Å². The van der Waals surface area contributed by atoms with Gasteiger partial charge in [0.1, 0.15) is 5.75 Å². The minimum absolute atomic E-state index is 0.0340. The first kappa shape index (κ1) is 20.1. The van der Waals surface area contributed by atoms with Crippen molar-refractivity contribution in [2.75, 3.05) is 6.54 Å². The van der Waals surface area contributed by atoms with Crippen LogP contribution in [0.5, 0.6) is 5.75 Å². The van der Waals surface area contributed by atoms with E-state index in [9.17, 15) is 30.4 Å². The fourth-order valence-electron chi connectivity index (χ4n) is 2.09. The molecular weight excluding hydrogens is 381 g/mol. The second kappa shape index (κ2) is 8.00. The van der Waals surface area contributed by atoms with Crippen LogP contribution in [0, 0.1) is 0 Å². The highest BCUT2D eigenvalue weighted by Gasteiger charge is 2.31.